The molecular formula is C15H18FNO2. The Labute approximate surface area is 112 Å². The number of ether oxygens (including phenoxy) is 1. The van der Waals surface area contributed by atoms with Crippen molar-refractivity contribution in [1.82, 2.24) is 4.90 Å². The van der Waals surface area contributed by atoms with Crippen LogP contribution in [0.3, 0.4) is 0 Å². The summed E-state index contributed by atoms with van der Waals surface area (Å²) >= 11 is 0. The average molecular weight is 263 g/mol. The monoisotopic (exact) mass is 263 g/mol. The summed E-state index contributed by atoms with van der Waals surface area (Å²) in [5.74, 6) is -0.761. The number of halogens is 1. The molecule has 1 heterocycles. The smallest absolute Gasteiger partial charge is 0.257 e. The fraction of sp³-hybridized carbons (Fsp3) is 0.400. The van der Waals surface area contributed by atoms with Gasteiger partial charge in [0.15, 0.2) is 0 Å². The van der Waals surface area contributed by atoms with Gasteiger partial charge in [-0.15, -0.1) is 0 Å². The number of hydrogen-bond acceptors (Lipinski definition) is 2. The third kappa shape index (κ3) is 2.84. The lowest BCUT2D eigenvalue weighted by molar-refractivity contribution is -0.0125. The molecule has 1 fully saturated rings. The highest BCUT2D eigenvalue weighted by Gasteiger charge is 2.24. The molecule has 0 spiro atoms. The van der Waals surface area contributed by atoms with Gasteiger partial charge in [0.2, 0.25) is 0 Å². The molecule has 0 unspecified atom stereocenters. The van der Waals surface area contributed by atoms with Crippen molar-refractivity contribution in [3.05, 3.63) is 41.2 Å². The highest BCUT2D eigenvalue weighted by Crippen LogP contribution is 2.19. The van der Waals surface area contributed by atoms with Crippen LogP contribution in [-0.4, -0.2) is 36.6 Å². The Kier molecular flexibility index (Phi) is 4.00. The Hall–Kier alpha value is -1.68. The van der Waals surface area contributed by atoms with E-state index in [2.05, 4.69) is 6.58 Å². The molecule has 1 aromatic carbocycles. The minimum absolute atomic E-state index is 0.00918. The highest BCUT2D eigenvalue weighted by molar-refractivity contribution is 5.95. The van der Waals surface area contributed by atoms with E-state index in [1.165, 1.54) is 6.07 Å². The van der Waals surface area contributed by atoms with E-state index in [1.54, 1.807) is 24.0 Å². The molecule has 0 N–H and O–H groups in total. The lowest BCUT2D eigenvalue weighted by Crippen LogP contribution is -2.44. The number of amides is 1. The van der Waals surface area contributed by atoms with E-state index in [4.69, 9.17) is 4.74 Å². The summed E-state index contributed by atoms with van der Waals surface area (Å²) < 4.78 is 19.3. The first-order valence-corrected chi connectivity index (χ1v) is 6.36. The summed E-state index contributed by atoms with van der Waals surface area (Å²) in [6.45, 7) is 8.87. The van der Waals surface area contributed by atoms with Crippen molar-refractivity contribution in [1.29, 1.82) is 0 Å². The molecule has 4 heteroatoms. The minimum Gasteiger partial charge on any atom is -0.375 e. The topological polar surface area (TPSA) is 29.5 Å². The van der Waals surface area contributed by atoms with E-state index in [0.29, 0.717) is 19.7 Å². The molecule has 2 rings (SSSR count). The van der Waals surface area contributed by atoms with Gasteiger partial charge in [-0.25, -0.2) is 4.39 Å². The number of benzene rings is 1. The van der Waals surface area contributed by atoms with E-state index >= 15 is 0 Å². The molecule has 1 saturated heterocycles. The van der Waals surface area contributed by atoms with E-state index in [0.717, 1.165) is 11.1 Å². The Balaban J connectivity index is 2.30. The quantitative estimate of drug-likeness (QED) is 0.821. The van der Waals surface area contributed by atoms with Crippen molar-refractivity contribution in [2.75, 3.05) is 19.7 Å². The van der Waals surface area contributed by atoms with Gasteiger partial charge in [-0.2, -0.15) is 0 Å². The first kappa shape index (κ1) is 13.7. The lowest BCUT2D eigenvalue weighted by atomic mass is 10.0. The van der Waals surface area contributed by atoms with Gasteiger partial charge in [-0.05, 0) is 37.1 Å². The first-order valence-electron chi connectivity index (χ1n) is 6.36. The lowest BCUT2D eigenvalue weighted by Gasteiger charge is -2.31. The minimum atomic E-state index is -0.479. The molecule has 1 aromatic rings. The van der Waals surface area contributed by atoms with Gasteiger partial charge in [-0.3, -0.25) is 4.79 Å². The molecule has 0 bridgehead atoms. The van der Waals surface area contributed by atoms with Crippen LogP contribution in [0.15, 0.2) is 18.7 Å². The zero-order valence-corrected chi connectivity index (χ0v) is 11.3. The van der Waals surface area contributed by atoms with Gasteiger partial charge < -0.3 is 9.64 Å². The molecule has 0 aliphatic carbocycles. The van der Waals surface area contributed by atoms with Gasteiger partial charge in [0.1, 0.15) is 5.82 Å². The van der Waals surface area contributed by atoms with Crippen LogP contribution >= 0.6 is 0 Å². The predicted octanol–water partition coefficient (Wildman–Crippen LogP) is 2.64. The van der Waals surface area contributed by atoms with E-state index in [9.17, 15) is 9.18 Å². The zero-order chi connectivity index (χ0) is 14.0. The van der Waals surface area contributed by atoms with Crippen LogP contribution in [0.5, 0.6) is 0 Å². The summed E-state index contributed by atoms with van der Waals surface area (Å²) in [7, 11) is 0. The second kappa shape index (κ2) is 5.53. The predicted molar refractivity (Wildman–Crippen MR) is 72.5 cm³/mol. The summed E-state index contributed by atoms with van der Waals surface area (Å²) in [4.78, 5) is 14.0. The highest BCUT2D eigenvalue weighted by atomic mass is 19.1. The molecule has 19 heavy (non-hydrogen) atoms. The third-order valence-corrected chi connectivity index (χ3v) is 3.33. The molecule has 3 nitrogen and oxygen atoms in total. The Morgan fingerprint density at radius 1 is 1.58 bits per heavy atom. The van der Waals surface area contributed by atoms with E-state index in [-0.39, 0.29) is 17.6 Å². The Morgan fingerprint density at radius 3 is 2.95 bits per heavy atom. The molecule has 1 aliphatic heterocycles. The zero-order valence-electron chi connectivity index (χ0n) is 11.3. The number of morpholine rings is 1. The maximum atomic E-state index is 14.0. The summed E-state index contributed by atoms with van der Waals surface area (Å²) in [6.07, 6.45) is 1.62. The number of rotatable bonds is 2. The Morgan fingerprint density at radius 2 is 2.32 bits per heavy atom. The van der Waals surface area contributed by atoms with Gasteiger partial charge >= 0.3 is 0 Å². The van der Waals surface area contributed by atoms with Gasteiger partial charge in [0.05, 0.1) is 18.3 Å². The normalized spacial score (nSPS) is 19.3. The summed E-state index contributed by atoms with van der Waals surface area (Å²) in [5, 5.41) is 0. The fourth-order valence-electron chi connectivity index (χ4n) is 2.25. The molecule has 1 aliphatic rings. The molecule has 102 valence electrons. The van der Waals surface area contributed by atoms with Crippen molar-refractivity contribution < 1.29 is 13.9 Å². The number of carbonyl (C=O) groups is 1. The van der Waals surface area contributed by atoms with Crippen molar-refractivity contribution in [2.45, 2.75) is 20.0 Å². The van der Waals surface area contributed by atoms with Crippen molar-refractivity contribution in [3.63, 3.8) is 0 Å². The van der Waals surface area contributed by atoms with Crippen LogP contribution in [0.1, 0.15) is 28.4 Å². The van der Waals surface area contributed by atoms with Crippen LogP contribution in [0, 0.1) is 12.7 Å². The molecule has 0 aromatic heterocycles. The molecular weight excluding hydrogens is 245 g/mol. The van der Waals surface area contributed by atoms with Crippen LogP contribution in [0.25, 0.3) is 6.08 Å². The van der Waals surface area contributed by atoms with Gasteiger partial charge in [-0.1, -0.05) is 12.7 Å². The van der Waals surface area contributed by atoms with Crippen molar-refractivity contribution in [2.24, 2.45) is 0 Å². The molecule has 1 amide bonds. The second-order valence-corrected chi connectivity index (χ2v) is 4.83. The van der Waals surface area contributed by atoms with Crippen LogP contribution < -0.4 is 0 Å². The van der Waals surface area contributed by atoms with Crippen LogP contribution in [0.2, 0.25) is 0 Å². The fourth-order valence-corrected chi connectivity index (χ4v) is 2.25. The summed E-state index contributed by atoms with van der Waals surface area (Å²) in [6, 6.07) is 2.95. The summed E-state index contributed by atoms with van der Waals surface area (Å²) in [5.41, 5.74) is 1.67. The molecule has 0 saturated carbocycles. The largest absolute Gasteiger partial charge is 0.375 e. The second-order valence-electron chi connectivity index (χ2n) is 4.83. The van der Waals surface area contributed by atoms with Crippen molar-refractivity contribution >= 4 is 12.0 Å². The number of nitrogens with zero attached hydrogens (tertiary/aromatic N) is 1. The number of carbonyl (C=O) groups excluding carboxylic acids is 1. The standard InChI is InChI=1S/C15H18FNO2/c1-4-12-8-13(14(16)7-10(12)2)15(18)17-5-6-19-11(3)9-17/h4,7-8,11H,1,5-6,9H2,2-3H3/t11-/m1/s1. The number of hydrogen-bond donors (Lipinski definition) is 0. The molecule has 1 atom stereocenters. The SMILES string of the molecule is C=Cc1cc(C(=O)N2CCO[C@H](C)C2)c(F)cc1C. The van der Waals surface area contributed by atoms with E-state index < -0.39 is 5.82 Å². The molecule has 0 radical (unpaired) electrons. The van der Waals surface area contributed by atoms with Gasteiger partial charge in [0.25, 0.3) is 5.91 Å². The third-order valence-electron chi connectivity index (χ3n) is 3.33. The maximum absolute atomic E-state index is 14.0. The van der Waals surface area contributed by atoms with Gasteiger partial charge in [0, 0.05) is 13.1 Å². The van der Waals surface area contributed by atoms with Crippen molar-refractivity contribution in [3.8, 4) is 0 Å². The van der Waals surface area contributed by atoms with Crippen LogP contribution in [0.4, 0.5) is 4.39 Å². The van der Waals surface area contributed by atoms with E-state index in [1.807, 2.05) is 6.92 Å². The number of aryl methyl sites for hydroxylation is 1. The first-order chi connectivity index (χ1) is 9.02. The van der Waals surface area contributed by atoms with Crippen LogP contribution in [-0.2, 0) is 4.74 Å². The Bertz CT molecular complexity index is 513. The maximum Gasteiger partial charge on any atom is 0.257 e. The average Bonchev–Trinajstić information content (AvgIpc) is 2.38.